The van der Waals surface area contributed by atoms with E-state index in [2.05, 4.69) is 69.3 Å². The molecule has 3 heteroatoms. The Morgan fingerprint density at radius 2 is 1.69 bits per heavy atom. The number of hydrogen-bond donors (Lipinski definition) is 0. The molecule has 3 aromatic rings. The first-order valence-electron chi connectivity index (χ1n) is 11.2. The van der Waals surface area contributed by atoms with Crippen molar-refractivity contribution in [2.75, 3.05) is 7.11 Å². The molecular formula is C29H29NO2. The molecule has 3 nitrogen and oxygen atoms in total. The number of rotatable bonds is 3. The summed E-state index contributed by atoms with van der Waals surface area (Å²) in [4.78, 5) is 5.17. The molecular weight excluding hydrogens is 394 g/mol. The van der Waals surface area contributed by atoms with E-state index >= 15 is 0 Å². The van der Waals surface area contributed by atoms with Gasteiger partial charge in [0.05, 0.1) is 12.8 Å². The molecule has 0 bridgehead atoms. The van der Waals surface area contributed by atoms with Crippen LogP contribution in [-0.4, -0.2) is 12.8 Å². The Kier molecular flexibility index (Phi) is 5.13. The highest BCUT2D eigenvalue weighted by Crippen LogP contribution is 2.50. The summed E-state index contributed by atoms with van der Waals surface area (Å²) < 4.78 is 11.9. The van der Waals surface area contributed by atoms with E-state index in [9.17, 15) is 0 Å². The van der Waals surface area contributed by atoms with Gasteiger partial charge in [-0.25, -0.2) is 0 Å². The van der Waals surface area contributed by atoms with E-state index in [-0.39, 0.29) is 11.3 Å². The van der Waals surface area contributed by atoms with E-state index < -0.39 is 0 Å². The lowest BCUT2D eigenvalue weighted by atomic mass is 9.69. The number of ether oxygens (including phenoxy) is 2. The number of allylic oxidation sites excluding steroid dienone is 2. The first-order valence-corrected chi connectivity index (χ1v) is 11.2. The van der Waals surface area contributed by atoms with Gasteiger partial charge in [0, 0.05) is 29.2 Å². The van der Waals surface area contributed by atoms with E-state index in [1.54, 1.807) is 7.11 Å². The molecule has 0 amide bonds. The predicted octanol–water partition coefficient (Wildman–Crippen LogP) is 7.37. The second-order valence-corrected chi connectivity index (χ2v) is 9.60. The van der Waals surface area contributed by atoms with Gasteiger partial charge in [-0.2, -0.15) is 0 Å². The highest BCUT2D eigenvalue weighted by molar-refractivity contribution is 6.05. The fourth-order valence-corrected chi connectivity index (χ4v) is 4.90. The summed E-state index contributed by atoms with van der Waals surface area (Å²) in [5, 5.41) is 0. The van der Waals surface area contributed by atoms with Crippen molar-refractivity contribution in [1.29, 1.82) is 0 Å². The molecule has 0 unspecified atom stereocenters. The molecule has 1 aliphatic heterocycles. The lowest BCUT2D eigenvalue weighted by molar-refractivity contribution is 0.279. The van der Waals surface area contributed by atoms with E-state index in [0.717, 1.165) is 41.5 Å². The number of hydrogen-bond acceptors (Lipinski definition) is 3. The van der Waals surface area contributed by atoms with Gasteiger partial charge in [0.15, 0.2) is 0 Å². The van der Waals surface area contributed by atoms with Gasteiger partial charge < -0.3 is 9.47 Å². The van der Waals surface area contributed by atoms with Crippen molar-refractivity contribution in [3.63, 3.8) is 0 Å². The van der Waals surface area contributed by atoms with Gasteiger partial charge in [-0.1, -0.05) is 61.9 Å². The molecule has 1 heterocycles. The maximum atomic E-state index is 6.56. The number of benzene rings is 3. The monoisotopic (exact) mass is 423 g/mol. The summed E-state index contributed by atoms with van der Waals surface area (Å²) in [7, 11) is 1.69. The van der Waals surface area contributed by atoms with Crippen molar-refractivity contribution >= 4 is 11.4 Å². The van der Waals surface area contributed by atoms with E-state index in [0.29, 0.717) is 0 Å². The molecule has 0 radical (unpaired) electrons. The molecule has 1 aliphatic carbocycles. The largest absolute Gasteiger partial charge is 0.497 e. The summed E-state index contributed by atoms with van der Waals surface area (Å²) in [5.74, 6) is 2.97. The number of fused-ring (bicyclic) bond motifs is 1. The van der Waals surface area contributed by atoms with Crippen LogP contribution in [0.3, 0.4) is 0 Å². The van der Waals surface area contributed by atoms with Crippen LogP contribution in [0.4, 0.5) is 5.69 Å². The fraction of sp³-hybridized carbons (Fsp3) is 0.276. The molecule has 0 N–H and O–H groups in total. The van der Waals surface area contributed by atoms with Crippen LogP contribution in [0.25, 0.3) is 0 Å². The summed E-state index contributed by atoms with van der Waals surface area (Å²) in [5.41, 5.74) is 7.09. The standard InChI is InChI=1S/C29H29NO2/c1-19-10-15-25-23(16-19)27(20-8-6-5-7-9-20)28-24(17-29(2,3)18-26(28)32-25)30-21-11-13-22(31-4)14-12-21/h5-16,27H,17-18H2,1-4H3/t27-/m0/s1. The Hall–Kier alpha value is -3.33. The Balaban J connectivity index is 1.71. The maximum absolute atomic E-state index is 6.56. The van der Waals surface area contributed by atoms with Crippen LogP contribution < -0.4 is 9.47 Å². The average molecular weight is 424 g/mol. The second kappa shape index (κ2) is 7.98. The number of nitrogens with zero attached hydrogens (tertiary/aromatic N) is 1. The Morgan fingerprint density at radius 1 is 0.938 bits per heavy atom. The molecule has 0 saturated carbocycles. The van der Waals surface area contributed by atoms with Crippen LogP contribution in [-0.2, 0) is 0 Å². The van der Waals surface area contributed by atoms with Crippen molar-refractivity contribution < 1.29 is 9.47 Å². The van der Waals surface area contributed by atoms with Crippen molar-refractivity contribution in [2.24, 2.45) is 10.4 Å². The maximum Gasteiger partial charge on any atom is 0.131 e. The normalized spacial score (nSPS) is 20.4. The van der Waals surface area contributed by atoms with Crippen LogP contribution in [0.1, 0.15) is 49.3 Å². The number of aryl methyl sites for hydroxylation is 1. The van der Waals surface area contributed by atoms with Crippen molar-refractivity contribution in [3.8, 4) is 11.5 Å². The van der Waals surface area contributed by atoms with E-state index in [1.165, 1.54) is 22.3 Å². The molecule has 0 saturated heterocycles. The van der Waals surface area contributed by atoms with Crippen molar-refractivity contribution in [1.82, 2.24) is 0 Å². The second-order valence-electron chi connectivity index (χ2n) is 9.60. The third-order valence-electron chi connectivity index (χ3n) is 6.36. The summed E-state index contributed by atoms with van der Waals surface area (Å²) in [6, 6.07) is 25.2. The number of methoxy groups -OCH3 is 1. The molecule has 5 rings (SSSR count). The lowest BCUT2D eigenvalue weighted by Crippen LogP contribution is -2.33. The molecule has 32 heavy (non-hydrogen) atoms. The van der Waals surface area contributed by atoms with Crippen LogP contribution >= 0.6 is 0 Å². The predicted molar refractivity (Wildman–Crippen MR) is 130 cm³/mol. The van der Waals surface area contributed by atoms with Gasteiger partial charge in [0.1, 0.15) is 17.3 Å². The Morgan fingerprint density at radius 3 is 2.41 bits per heavy atom. The van der Waals surface area contributed by atoms with Gasteiger partial charge in [0.2, 0.25) is 0 Å². The molecule has 1 atom stereocenters. The van der Waals surface area contributed by atoms with Gasteiger partial charge in [-0.15, -0.1) is 0 Å². The van der Waals surface area contributed by atoms with Crippen LogP contribution in [0.5, 0.6) is 11.5 Å². The third-order valence-corrected chi connectivity index (χ3v) is 6.36. The first kappa shape index (κ1) is 20.6. The zero-order chi connectivity index (χ0) is 22.3. The SMILES string of the molecule is COc1ccc(N=C2CC(C)(C)CC3=C2[C@@H](c2ccccc2)c2cc(C)ccc2O3)cc1. The fourth-order valence-electron chi connectivity index (χ4n) is 4.90. The van der Waals surface area contributed by atoms with Gasteiger partial charge >= 0.3 is 0 Å². The summed E-state index contributed by atoms with van der Waals surface area (Å²) >= 11 is 0. The summed E-state index contributed by atoms with van der Waals surface area (Å²) in [6.07, 6.45) is 1.81. The molecule has 0 aromatic heterocycles. The third kappa shape index (κ3) is 3.84. The van der Waals surface area contributed by atoms with Gasteiger partial charge in [-0.05, 0) is 54.7 Å². The van der Waals surface area contributed by atoms with Crippen LogP contribution in [0.2, 0.25) is 0 Å². The van der Waals surface area contributed by atoms with Crippen LogP contribution in [0, 0.1) is 12.3 Å². The van der Waals surface area contributed by atoms with Crippen molar-refractivity contribution in [2.45, 2.75) is 39.5 Å². The molecule has 2 aliphatic rings. The molecule has 162 valence electrons. The smallest absolute Gasteiger partial charge is 0.131 e. The zero-order valence-electron chi connectivity index (χ0n) is 19.2. The Labute approximate surface area is 190 Å². The highest BCUT2D eigenvalue weighted by Gasteiger charge is 2.40. The topological polar surface area (TPSA) is 30.8 Å². The minimum Gasteiger partial charge on any atom is -0.497 e. The first-order chi connectivity index (χ1) is 15.4. The Bertz CT molecular complexity index is 1200. The van der Waals surface area contributed by atoms with Gasteiger partial charge in [-0.3, -0.25) is 4.99 Å². The lowest BCUT2D eigenvalue weighted by Gasteiger charge is -2.40. The van der Waals surface area contributed by atoms with E-state index in [1.807, 2.05) is 24.3 Å². The highest BCUT2D eigenvalue weighted by atomic mass is 16.5. The zero-order valence-corrected chi connectivity index (χ0v) is 19.2. The quantitative estimate of drug-likeness (QED) is 0.440. The minimum atomic E-state index is 0.0770. The van der Waals surface area contributed by atoms with Gasteiger partial charge in [0.25, 0.3) is 0 Å². The summed E-state index contributed by atoms with van der Waals surface area (Å²) in [6.45, 7) is 6.74. The van der Waals surface area contributed by atoms with Crippen LogP contribution in [0.15, 0.2) is 89.1 Å². The molecule has 3 aromatic carbocycles. The average Bonchev–Trinajstić information content (AvgIpc) is 2.78. The number of aliphatic imine (C=N–C) groups is 1. The van der Waals surface area contributed by atoms with E-state index in [4.69, 9.17) is 14.5 Å². The molecule has 0 fully saturated rings. The minimum absolute atomic E-state index is 0.0770. The van der Waals surface area contributed by atoms with Crippen molar-refractivity contribution in [3.05, 3.63) is 101 Å². The molecule has 0 spiro atoms.